The van der Waals surface area contributed by atoms with E-state index in [-0.39, 0.29) is 11.1 Å². The number of ether oxygens (including phenoxy) is 1. The SMILES string of the molecule is Oc1c(-c2cccc(OC(F)(F)F)c2)cccc1C(F)(F)F. The lowest BCUT2D eigenvalue weighted by Gasteiger charge is -2.14. The molecule has 0 aliphatic rings. The van der Waals surface area contributed by atoms with E-state index in [9.17, 15) is 31.4 Å². The summed E-state index contributed by atoms with van der Waals surface area (Å²) in [6.07, 6.45) is -9.70. The number of aromatic hydroxyl groups is 1. The van der Waals surface area contributed by atoms with Crippen molar-refractivity contribution >= 4 is 0 Å². The van der Waals surface area contributed by atoms with Crippen LogP contribution in [-0.4, -0.2) is 11.5 Å². The average Bonchev–Trinajstić information content (AvgIpc) is 2.35. The summed E-state index contributed by atoms with van der Waals surface area (Å²) in [5, 5.41) is 9.72. The van der Waals surface area contributed by atoms with Crippen LogP contribution in [0.15, 0.2) is 42.5 Å². The summed E-state index contributed by atoms with van der Waals surface area (Å²) >= 11 is 0. The number of hydrogen-bond donors (Lipinski definition) is 1. The van der Waals surface area contributed by atoms with Crippen molar-refractivity contribution in [2.45, 2.75) is 12.5 Å². The Hall–Kier alpha value is -2.38. The number of halogens is 6. The molecule has 0 aliphatic carbocycles. The van der Waals surface area contributed by atoms with Crippen LogP contribution in [0.3, 0.4) is 0 Å². The van der Waals surface area contributed by atoms with Crippen molar-refractivity contribution in [2.24, 2.45) is 0 Å². The highest BCUT2D eigenvalue weighted by Gasteiger charge is 2.35. The number of benzene rings is 2. The van der Waals surface area contributed by atoms with E-state index in [1.807, 2.05) is 0 Å². The maximum Gasteiger partial charge on any atom is 0.573 e. The fourth-order valence-corrected chi connectivity index (χ4v) is 1.87. The molecular weight excluding hydrogens is 314 g/mol. The number of phenols is 1. The van der Waals surface area contributed by atoms with Gasteiger partial charge in [0.15, 0.2) is 0 Å². The molecule has 0 fully saturated rings. The van der Waals surface area contributed by atoms with Gasteiger partial charge in [-0.15, -0.1) is 13.2 Å². The molecule has 0 bridgehead atoms. The van der Waals surface area contributed by atoms with Crippen LogP contribution in [0, 0.1) is 0 Å². The molecule has 118 valence electrons. The van der Waals surface area contributed by atoms with Gasteiger partial charge in [-0.05, 0) is 23.8 Å². The number of para-hydroxylation sites is 1. The molecule has 0 aromatic heterocycles. The van der Waals surface area contributed by atoms with Crippen molar-refractivity contribution in [2.75, 3.05) is 0 Å². The third kappa shape index (κ3) is 3.63. The third-order valence-corrected chi connectivity index (χ3v) is 2.72. The van der Waals surface area contributed by atoms with Crippen LogP contribution in [0.1, 0.15) is 5.56 Å². The molecule has 2 aromatic rings. The van der Waals surface area contributed by atoms with E-state index in [1.165, 1.54) is 12.1 Å². The highest BCUT2D eigenvalue weighted by Crippen LogP contribution is 2.41. The van der Waals surface area contributed by atoms with Gasteiger partial charge in [0.25, 0.3) is 0 Å². The first-order chi connectivity index (χ1) is 10.1. The Balaban J connectivity index is 2.47. The largest absolute Gasteiger partial charge is 0.573 e. The van der Waals surface area contributed by atoms with Crippen molar-refractivity contribution in [3.8, 4) is 22.6 Å². The molecule has 0 amide bonds. The number of hydrogen-bond acceptors (Lipinski definition) is 2. The second kappa shape index (κ2) is 5.43. The first-order valence-electron chi connectivity index (χ1n) is 5.83. The zero-order valence-corrected chi connectivity index (χ0v) is 10.7. The molecule has 2 nitrogen and oxygen atoms in total. The van der Waals surface area contributed by atoms with E-state index in [4.69, 9.17) is 0 Å². The summed E-state index contributed by atoms with van der Waals surface area (Å²) in [5.74, 6) is -1.65. The summed E-state index contributed by atoms with van der Waals surface area (Å²) in [6, 6.07) is 7.22. The van der Waals surface area contributed by atoms with E-state index in [0.29, 0.717) is 6.07 Å². The van der Waals surface area contributed by atoms with E-state index in [0.717, 1.165) is 24.3 Å². The van der Waals surface area contributed by atoms with Crippen LogP contribution in [0.25, 0.3) is 11.1 Å². The molecule has 2 aromatic carbocycles. The third-order valence-electron chi connectivity index (χ3n) is 2.72. The zero-order valence-electron chi connectivity index (χ0n) is 10.7. The molecular formula is C14H8F6O2. The second-order valence-electron chi connectivity index (χ2n) is 4.28. The van der Waals surface area contributed by atoms with Crippen molar-refractivity contribution in [3.63, 3.8) is 0 Å². The maximum absolute atomic E-state index is 12.7. The molecule has 0 saturated heterocycles. The monoisotopic (exact) mass is 322 g/mol. The van der Waals surface area contributed by atoms with Crippen LogP contribution in [0.2, 0.25) is 0 Å². The smallest absolute Gasteiger partial charge is 0.507 e. The fourth-order valence-electron chi connectivity index (χ4n) is 1.87. The highest BCUT2D eigenvalue weighted by atomic mass is 19.4. The van der Waals surface area contributed by atoms with E-state index >= 15 is 0 Å². The lowest BCUT2D eigenvalue weighted by molar-refractivity contribution is -0.274. The van der Waals surface area contributed by atoms with Crippen LogP contribution in [0.4, 0.5) is 26.3 Å². The van der Waals surface area contributed by atoms with Crippen molar-refractivity contribution in [1.82, 2.24) is 0 Å². The van der Waals surface area contributed by atoms with Gasteiger partial charge in [0.2, 0.25) is 0 Å². The minimum atomic E-state index is -4.92. The van der Waals surface area contributed by atoms with Crippen LogP contribution in [0.5, 0.6) is 11.5 Å². The van der Waals surface area contributed by atoms with Gasteiger partial charge in [-0.25, -0.2) is 0 Å². The van der Waals surface area contributed by atoms with E-state index in [1.54, 1.807) is 0 Å². The van der Waals surface area contributed by atoms with Crippen molar-refractivity contribution < 1.29 is 36.2 Å². The molecule has 0 aliphatic heterocycles. The first kappa shape index (κ1) is 16.0. The van der Waals surface area contributed by atoms with Crippen molar-refractivity contribution in [1.29, 1.82) is 0 Å². The Bertz CT molecular complexity index is 676. The minimum Gasteiger partial charge on any atom is -0.507 e. The van der Waals surface area contributed by atoms with Crippen LogP contribution < -0.4 is 4.74 Å². The Labute approximate surface area is 120 Å². The van der Waals surface area contributed by atoms with Gasteiger partial charge in [-0.3, -0.25) is 0 Å². The Morgan fingerprint density at radius 2 is 1.50 bits per heavy atom. The molecule has 0 spiro atoms. The molecule has 22 heavy (non-hydrogen) atoms. The first-order valence-corrected chi connectivity index (χ1v) is 5.83. The minimum absolute atomic E-state index is 0.0367. The molecule has 0 atom stereocenters. The predicted octanol–water partition coefficient (Wildman–Crippen LogP) is 4.98. The molecule has 0 heterocycles. The number of alkyl halides is 6. The normalized spacial score (nSPS) is 12.3. The molecule has 0 saturated carbocycles. The van der Waals surface area contributed by atoms with Gasteiger partial charge >= 0.3 is 12.5 Å². The van der Waals surface area contributed by atoms with E-state index < -0.39 is 29.6 Å². The second-order valence-corrected chi connectivity index (χ2v) is 4.28. The van der Waals surface area contributed by atoms with Gasteiger partial charge < -0.3 is 9.84 Å². The summed E-state index contributed by atoms with van der Waals surface area (Å²) < 4.78 is 78.3. The molecule has 8 heteroatoms. The molecule has 2 rings (SSSR count). The quantitative estimate of drug-likeness (QED) is 0.791. The van der Waals surface area contributed by atoms with Gasteiger partial charge in [0.1, 0.15) is 11.5 Å². The summed E-state index contributed by atoms with van der Waals surface area (Å²) in [7, 11) is 0. The van der Waals surface area contributed by atoms with E-state index in [2.05, 4.69) is 4.74 Å². The number of rotatable bonds is 2. The topological polar surface area (TPSA) is 29.5 Å². The average molecular weight is 322 g/mol. The molecule has 1 N–H and O–H groups in total. The Morgan fingerprint density at radius 1 is 0.864 bits per heavy atom. The molecule has 0 unspecified atom stereocenters. The van der Waals surface area contributed by atoms with Gasteiger partial charge in [0, 0.05) is 5.56 Å². The van der Waals surface area contributed by atoms with Crippen molar-refractivity contribution in [3.05, 3.63) is 48.0 Å². The zero-order chi connectivity index (χ0) is 16.5. The van der Waals surface area contributed by atoms with Crippen LogP contribution >= 0.6 is 0 Å². The lowest BCUT2D eigenvalue weighted by Crippen LogP contribution is -2.17. The van der Waals surface area contributed by atoms with Gasteiger partial charge in [-0.2, -0.15) is 13.2 Å². The maximum atomic E-state index is 12.7. The highest BCUT2D eigenvalue weighted by molar-refractivity contribution is 5.73. The van der Waals surface area contributed by atoms with Crippen LogP contribution in [-0.2, 0) is 6.18 Å². The fraction of sp³-hybridized carbons (Fsp3) is 0.143. The lowest BCUT2D eigenvalue weighted by atomic mass is 10.0. The standard InChI is InChI=1S/C14H8F6O2/c15-13(16,17)11-6-2-5-10(12(11)21)8-3-1-4-9(7-8)22-14(18,19)20/h1-7,21H. The van der Waals surface area contributed by atoms with Gasteiger partial charge in [0.05, 0.1) is 5.56 Å². The predicted molar refractivity (Wildman–Crippen MR) is 65.2 cm³/mol. The summed E-state index contributed by atoms with van der Waals surface area (Å²) in [5.41, 5.74) is -1.56. The van der Waals surface area contributed by atoms with Gasteiger partial charge in [-0.1, -0.05) is 24.3 Å². The summed E-state index contributed by atoms with van der Waals surface area (Å²) in [6.45, 7) is 0. The molecule has 0 radical (unpaired) electrons. The summed E-state index contributed by atoms with van der Waals surface area (Å²) in [4.78, 5) is 0. The Morgan fingerprint density at radius 3 is 2.09 bits per heavy atom. The Kier molecular flexibility index (Phi) is 3.95. The number of phenolic OH excluding ortho intramolecular Hbond substituents is 1.